The first-order valence-corrected chi connectivity index (χ1v) is 7.99. The maximum absolute atomic E-state index is 13.0. The van der Waals surface area contributed by atoms with Crippen LogP contribution in [0.4, 0.5) is 15.8 Å². The van der Waals surface area contributed by atoms with E-state index < -0.39 is 11.0 Å². The smallest absolute Gasteiger partial charge is 0.292 e. The molecule has 130 valence electrons. The second kappa shape index (κ2) is 6.88. The van der Waals surface area contributed by atoms with E-state index in [2.05, 4.69) is 5.32 Å². The van der Waals surface area contributed by atoms with Gasteiger partial charge >= 0.3 is 0 Å². The Bertz CT molecular complexity index is 808. The maximum Gasteiger partial charge on any atom is 0.292 e. The lowest BCUT2D eigenvalue weighted by atomic mass is 10.1. The van der Waals surface area contributed by atoms with Crippen LogP contribution in [-0.4, -0.2) is 28.3 Å². The van der Waals surface area contributed by atoms with Crippen LogP contribution in [0.3, 0.4) is 0 Å². The number of hydrogen-bond donors (Lipinski definition) is 1. The molecule has 0 radical (unpaired) electrons. The number of anilines is 1. The first-order chi connectivity index (χ1) is 12.0. The van der Waals surface area contributed by atoms with Crippen molar-refractivity contribution in [1.29, 1.82) is 0 Å². The standard InChI is InChI=1S/C18H18FN3O3/c1-12-3-2-4-16(22(24)25)17(12)20-15-9-10-21(18(15)23)11-13-5-7-14(19)8-6-13/h2-8,15,20H,9-11H2,1H3. The van der Waals surface area contributed by atoms with Crippen molar-refractivity contribution in [3.05, 3.63) is 69.5 Å². The van der Waals surface area contributed by atoms with Gasteiger partial charge in [-0.1, -0.05) is 24.3 Å². The number of hydrogen-bond acceptors (Lipinski definition) is 4. The fourth-order valence-electron chi connectivity index (χ4n) is 3.01. The highest BCUT2D eigenvalue weighted by atomic mass is 19.1. The summed E-state index contributed by atoms with van der Waals surface area (Å²) in [6, 6.07) is 10.3. The van der Waals surface area contributed by atoms with Gasteiger partial charge in [-0.15, -0.1) is 0 Å². The molecule has 2 aromatic carbocycles. The third-order valence-corrected chi connectivity index (χ3v) is 4.35. The van der Waals surface area contributed by atoms with E-state index in [1.165, 1.54) is 18.2 Å². The first-order valence-electron chi connectivity index (χ1n) is 7.99. The third-order valence-electron chi connectivity index (χ3n) is 4.35. The SMILES string of the molecule is Cc1cccc([N+](=O)[O-])c1NC1CCN(Cc2ccc(F)cc2)C1=O. The van der Waals surface area contributed by atoms with Crippen LogP contribution in [0, 0.1) is 22.9 Å². The average molecular weight is 343 g/mol. The van der Waals surface area contributed by atoms with E-state index in [0.717, 1.165) is 11.1 Å². The van der Waals surface area contributed by atoms with Crippen LogP contribution in [0.5, 0.6) is 0 Å². The van der Waals surface area contributed by atoms with Crippen molar-refractivity contribution in [3.63, 3.8) is 0 Å². The fraction of sp³-hybridized carbons (Fsp3) is 0.278. The predicted octanol–water partition coefficient (Wildman–Crippen LogP) is 3.26. The molecule has 2 aromatic rings. The van der Waals surface area contributed by atoms with E-state index in [-0.39, 0.29) is 17.4 Å². The van der Waals surface area contributed by atoms with Crippen molar-refractivity contribution in [1.82, 2.24) is 4.90 Å². The number of carbonyl (C=O) groups is 1. The molecule has 1 heterocycles. The zero-order chi connectivity index (χ0) is 18.0. The Morgan fingerprint density at radius 3 is 2.68 bits per heavy atom. The molecule has 0 aliphatic carbocycles. The van der Waals surface area contributed by atoms with Crippen LogP contribution in [-0.2, 0) is 11.3 Å². The Labute approximate surface area is 144 Å². The normalized spacial score (nSPS) is 17.0. The molecule has 6 nitrogen and oxygen atoms in total. The van der Waals surface area contributed by atoms with E-state index in [1.54, 1.807) is 36.1 Å². The van der Waals surface area contributed by atoms with Crippen LogP contribution >= 0.6 is 0 Å². The monoisotopic (exact) mass is 343 g/mol. The Hall–Kier alpha value is -2.96. The Balaban J connectivity index is 1.73. The van der Waals surface area contributed by atoms with Gasteiger partial charge in [0.25, 0.3) is 5.69 Å². The number of amides is 1. The quantitative estimate of drug-likeness (QED) is 0.668. The molecule has 25 heavy (non-hydrogen) atoms. The number of likely N-dealkylation sites (tertiary alicyclic amines) is 1. The van der Waals surface area contributed by atoms with Crippen LogP contribution in [0.1, 0.15) is 17.5 Å². The molecule has 1 atom stereocenters. The van der Waals surface area contributed by atoms with Gasteiger partial charge in [0.1, 0.15) is 17.5 Å². The summed E-state index contributed by atoms with van der Waals surface area (Å²) in [6.45, 7) is 2.71. The average Bonchev–Trinajstić information content (AvgIpc) is 2.92. The number of carbonyl (C=O) groups excluding carboxylic acids is 1. The van der Waals surface area contributed by atoms with Gasteiger partial charge in [0.15, 0.2) is 0 Å². The molecule has 0 bridgehead atoms. The summed E-state index contributed by atoms with van der Waals surface area (Å²) in [4.78, 5) is 25.0. The number of nitrogens with zero attached hydrogens (tertiary/aromatic N) is 2. The predicted molar refractivity (Wildman–Crippen MR) is 91.7 cm³/mol. The lowest BCUT2D eigenvalue weighted by molar-refractivity contribution is -0.384. The van der Waals surface area contributed by atoms with E-state index in [0.29, 0.717) is 25.2 Å². The molecular weight excluding hydrogens is 325 g/mol. The minimum atomic E-state index is -0.500. The van der Waals surface area contributed by atoms with Crippen LogP contribution < -0.4 is 5.32 Å². The fourth-order valence-corrected chi connectivity index (χ4v) is 3.01. The van der Waals surface area contributed by atoms with Crippen molar-refractivity contribution >= 4 is 17.3 Å². The number of nitrogens with one attached hydrogen (secondary N) is 1. The van der Waals surface area contributed by atoms with Gasteiger partial charge < -0.3 is 10.2 Å². The Morgan fingerprint density at radius 1 is 1.28 bits per heavy atom. The lowest BCUT2D eigenvalue weighted by Crippen LogP contribution is -2.33. The molecule has 0 spiro atoms. The van der Waals surface area contributed by atoms with Gasteiger partial charge in [0.2, 0.25) is 5.91 Å². The van der Waals surface area contributed by atoms with Crippen molar-refractivity contribution in [2.45, 2.75) is 25.9 Å². The number of para-hydroxylation sites is 1. The topological polar surface area (TPSA) is 75.5 Å². The zero-order valence-corrected chi connectivity index (χ0v) is 13.7. The molecule has 1 fully saturated rings. The van der Waals surface area contributed by atoms with Crippen LogP contribution in [0.25, 0.3) is 0 Å². The highest BCUT2D eigenvalue weighted by Crippen LogP contribution is 2.30. The molecule has 1 saturated heterocycles. The second-order valence-electron chi connectivity index (χ2n) is 6.10. The van der Waals surface area contributed by atoms with E-state index in [4.69, 9.17) is 0 Å². The van der Waals surface area contributed by atoms with E-state index in [9.17, 15) is 19.3 Å². The lowest BCUT2D eigenvalue weighted by Gasteiger charge is -2.18. The minimum absolute atomic E-state index is 0.0372. The number of nitro benzene ring substituents is 1. The molecule has 1 N–H and O–H groups in total. The van der Waals surface area contributed by atoms with Gasteiger partial charge in [-0.25, -0.2) is 4.39 Å². The largest absolute Gasteiger partial charge is 0.368 e. The van der Waals surface area contributed by atoms with Crippen molar-refractivity contribution in [3.8, 4) is 0 Å². The summed E-state index contributed by atoms with van der Waals surface area (Å²) >= 11 is 0. The summed E-state index contributed by atoms with van der Waals surface area (Å²) in [7, 11) is 0. The number of benzene rings is 2. The first kappa shape index (κ1) is 16.9. The summed E-state index contributed by atoms with van der Waals surface area (Å²) in [6.07, 6.45) is 0.561. The number of nitro groups is 1. The second-order valence-corrected chi connectivity index (χ2v) is 6.10. The molecule has 0 saturated carbocycles. The summed E-state index contributed by atoms with van der Waals surface area (Å²) in [5, 5.41) is 14.2. The number of aryl methyl sites for hydroxylation is 1. The Morgan fingerprint density at radius 2 is 2.00 bits per heavy atom. The van der Waals surface area contributed by atoms with E-state index in [1.807, 2.05) is 0 Å². The molecule has 1 amide bonds. The number of rotatable bonds is 5. The minimum Gasteiger partial charge on any atom is -0.368 e. The van der Waals surface area contributed by atoms with Gasteiger partial charge in [-0.2, -0.15) is 0 Å². The van der Waals surface area contributed by atoms with Crippen LogP contribution in [0.15, 0.2) is 42.5 Å². The number of halogens is 1. The van der Waals surface area contributed by atoms with Gasteiger partial charge in [-0.3, -0.25) is 14.9 Å². The highest BCUT2D eigenvalue weighted by Gasteiger charge is 2.33. The maximum atomic E-state index is 13.0. The van der Waals surface area contributed by atoms with Gasteiger partial charge in [0.05, 0.1) is 4.92 Å². The molecule has 3 rings (SSSR count). The molecule has 1 aliphatic rings. The molecular formula is C18H18FN3O3. The van der Waals surface area contributed by atoms with Crippen LogP contribution in [0.2, 0.25) is 0 Å². The molecule has 7 heteroatoms. The van der Waals surface area contributed by atoms with Gasteiger partial charge in [0, 0.05) is 19.2 Å². The highest BCUT2D eigenvalue weighted by molar-refractivity contribution is 5.88. The Kier molecular flexibility index (Phi) is 4.65. The third kappa shape index (κ3) is 3.60. The van der Waals surface area contributed by atoms with Crippen molar-refractivity contribution < 1.29 is 14.1 Å². The summed E-state index contributed by atoms with van der Waals surface area (Å²) < 4.78 is 13.0. The molecule has 1 unspecified atom stereocenters. The van der Waals surface area contributed by atoms with Crippen molar-refractivity contribution in [2.75, 3.05) is 11.9 Å². The molecule has 0 aromatic heterocycles. The van der Waals surface area contributed by atoms with E-state index >= 15 is 0 Å². The van der Waals surface area contributed by atoms with Crippen molar-refractivity contribution in [2.24, 2.45) is 0 Å². The zero-order valence-electron chi connectivity index (χ0n) is 13.7. The molecule has 1 aliphatic heterocycles. The summed E-state index contributed by atoms with van der Waals surface area (Å²) in [5.41, 5.74) is 1.91. The summed E-state index contributed by atoms with van der Waals surface area (Å²) in [5.74, 6) is -0.426. The van der Waals surface area contributed by atoms with Gasteiger partial charge in [-0.05, 0) is 36.6 Å².